The Morgan fingerprint density at radius 2 is 2.03 bits per heavy atom. The fourth-order valence-electron chi connectivity index (χ4n) is 3.00. The first-order valence-corrected chi connectivity index (χ1v) is 9.73. The Kier molecular flexibility index (Phi) is 6.70. The van der Waals surface area contributed by atoms with E-state index in [2.05, 4.69) is 31.8 Å². The number of para-hydroxylation sites is 1. The van der Waals surface area contributed by atoms with E-state index in [9.17, 15) is 5.26 Å². The first-order valence-electron chi connectivity index (χ1n) is 9.73. The molecular weight excluding hydrogens is 380 g/mol. The quantitative estimate of drug-likeness (QED) is 0.311. The zero-order chi connectivity index (χ0) is 21.5. The normalized spacial score (nSPS) is 11.3. The number of nitrogen functional groups attached to an aromatic ring is 1. The molecule has 9 nitrogen and oxygen atoms in total. The maximum absolute atomic E-state index is 9.50. The molecule has 0 aliphatic carbocycles. The van der Waals surface area contributed by atoms with Crippen LogP contribution >= 0.6 is 0 Å². The van der Waals surface area contributed by atoms with Gasteiger partial charge in [0, 0.05) is 13.6 Å². The summed E-state index contributed by atoms with van der Waals surface area (Å²) in [5.41, 5.74) is 8.98. The van der Waals surface area contributed by atoms with Crippen LogP contribution in [0.25, 0.3) is 5.69 Å². The number of oxazole rings is 1. The van der Waals surface area contributed by atoms with Gasteiger partial charge in [-0.05, 0) is 38.8 Å². The van der Waals surface area contributed by atoms with Crippen LogP contribution in [-0.2, 0) is 13.0 Å². The summed E-state index contributed by atoms with van der Waals surface area (Å²) >= 11 is 0. The predicted octanol–water partition coefficient (Wildman–Crippen LogP) is 2.23. The van der Waals surface area contributed by atoms with Crippen molar-refractivity contribution in [1.29, 1.82) is 5.26 Å². The third-order valence-electron chi connectivity index (χ3n) is 4.69. The molecule has 0 bridgehead atoms. The van der Waals surface area contributed by atoms with Gasteiger partial charge in [0.2, 0.25) is 5.89 Å². The van der Waals surface area contributed by atoms with Crippen LogP contribution in [0.4, 0.5) is 5.82 Å². The molecule has 0 fully saturated rings. The van der Waals surface area contributed by atoms with Crippen molar-refractivity contribution in [2.24, 2.45) is 4.99 Å². The number of hydrogen-bond donors (Lipinski definition) is 3. The Hall–Kier alpha value is -3.80. The van der Waals surface area contributed by atoms with Crippen molar-refractivity contribution in [3.05, 3.63) is 58.9 Å². The lowest BCUT2D eigenvalue weighted by molar-refractivity contribution is 0.463. The van der Waals surface area contributed by atoms with E-state index < -0.39 is 0 Å². The van der Waals surface area contributed by atoms with E-state index in [1.807, 2.05) is 44.2 Å². The predicted molar refractivity (Wildman–Crippen MR) is 115 cm³/mol. The summed E-state index contributed by atoms with van der Waals surface area (Å²) in [6.45, 7) is 4.91. The Labute approximate surface area is 175 Å². The van der Waals surface area contributed by atoms with Gasteiger partial charge < -0.3 is 20.8 Å². The minimum absolute atomic E-state index is 0.362. The largest absolute Gasteiger partial charge is 0.444 e. The molecule has 0 radical (unpaired) electrons. The van der Waals surface area contributed by atoms with Crippen LogP contribution in [0.15, 0.2) is 39.7 Å². The number of nitrogens with two attached hydrogens (primary N) is 1. The zero-order valence-corrected chi connectivity index (χ0v) is 17.4. The van der Waals surface area contributed by atoms with E-state index in [1.54, 1.807) is 11.7 Å². The van der Waals surface area contributed by atoms with Crippen LogP contribution < -0.4 is 16.4 Å². The number of anilines is 1. The molecule has 1 aromatic carbocycles. The summed E-state index contributed by atoms with van der Waals surface area (Å²) in [6, 6.07) is 11.7. The van der Waals surface area contributed by atoms with E-state index in [1.165, 1.54) is 0 Å². The zero-order valence-electron chi connectivity index (χ0n) is 17.4. The highest BCUT2D eigenvalue weighted by molar-refractivity contribution is 5.79. The van der Waals surface area contributed by atoms with Crippen molar-refractivity contribution in [2.45, 2.75) is 33.2 Å². The van der Waals surface area contributed by atoms with E-state index in [4.69, 9.17) is 10.2 Å². The highest BCUT2D eigenvalue weighted by Gasteiger charge is 2.16. The molecule has 156 valence electrons. The van der Waals surface area contributed by atoms with Crippen molar-refractivity contribution in [1.82, 2.24) is 25.4 Å². The number of guanidine groups is 1. The molecule has 4 N–H and O–H groups in total. The number of benzene rings is 1. The molecule has 2 aromatic heterocycles. The molecule has 0 spiro atoms. The molecule has 0 saturated carbocycles. The van der Waals surface area contributed by atoms with Crippen LogP contribution in [0, 0.1) is 25.2 Å². The monoisotopic (exact) mass is 406 g/mol. The number of nitriles is 1. The van der Waals surface area contributed by atoms with E-state index in [-0.39, 0.29) is 0 Å². The minimum Gasteiger partial charge on any atom is -0.444 e. The highest BCUT2D eigenvalue weighted by atomic mass is 16.4. The maximum Gasteiger partial charge on any atom is 0.214 e. The summed E-state index contributed by atoms with van der Waals surface area (Å²) in [6.07, 6.45) is 1.38. The van der Waals surface area contributed by atoms with Gasteiger partial charge in [-0.2, -0.15) is 10.4 Å². The van der Waals surface area contributed by atoms with Crippen molar-refractivity contribution < 1.29 is 4.42 Å². The van der Waals surface area contributed by atoms with E-state index in [0.717, 1.165) is 23.6 Å². The van der Waals surface area contributed by atoms with E-state index in [0.29, 0.717) is 48.4 Å². The smallest absolute Gasteiger partial charge is 0.214 e. The first-order chi connectivity index (χ1) is 14.5. The molecule has 3 rings (SSSR count). The van der Waals surface area contributed by atoms with Crippen molar-refractivity contribution in [2.75, 3.05) is 19.3 Å². The molecule has 0 unspecified atom stereocenters. The topological polar surface area (TPSA) is 130 Å². The molecule has 0 aliphatic rings. The number of hydrogen-bond acceptors (Lipinski definition) is 6. The standard InChI is InChI=1S/C21H26N8O/c1-14-15(2)30-19(27-14)13-26-21(24-3)25-11-7-10-18-17(12-22)20(23)29(28-18)16-8-5-4-6-9-16/h4-6,8-9H,7,10-11,13,23H2,1-3H3,(H2,24,25,26). The van der Waals surface area contributed by atoms with Gasteiger partial charge >= 0.3 is 0 Å². The van der Waals surface area contributed by atoms with Gasteiger partial charge in [0.15, 0.2) is 5.96 Å². The molecule has 3 aromatic rings. The third kappa shape index (κ3) is 4.78. The van der Waals surface area contributed by atoms with Crippen LogP contribution in [0.3, 0.4) is 0 Å². The lowest BCUT2D eigenvalue weighted by Gasteiger charge is -2.10. The Balaban J connectivity index is 1.54. The molecule has 0 saturated heterocycles. The Bertz CT molecular complexity index is 1040. The second kappa shape index (κ2) is 9.60. The number of nitrogens with one attached hydrogen (secondary N) is 2. The average Bonchev–Trinajstić information content (AvgIpc) is 3.25. The first kappa shape index (κ1) is 20.9. The Morgan fingerprint density at radius 3 is 2.67 bits per heavy atom. The summed E-state index contributed by atoms with van der Waals surface area (Å²) in [5, 5.41) is 20.5. The minimum atomic E-state index is 0.362. The summed E-state index contributed by atoms with van der Waals surface area (Å²) in [7, 11) is 1.71. The summed E-state index contributed by atoms with van der Waals surface area (Å²) in [4.78, 5) is 8.54. The van der Waals surface area contributed by atoms with Crippen molar-refractivity contribution in [3.8, 4) is 11.8 Å². The molecule has 9 heteroatoms. The Morgan fingerprint density at radius 1 is 1.27 bits per heavy atom. The van der Waals surface area contributed by atoms with Gasteiger partial charge in [0.05, 0.1) is 23.6 Å². The molecule has 0 amide bonds. The molecular formula is C21H26N8O. The van der Waals surface area contributed by atoms with Crippen molar-refractivity contribution in [3.63, 3.8) is 0 Å². The van der Waals surface area contributed by atoms with Crippen LogP contribution in [-0.4, -0.2) is 34.3 Å². The van der Waals surface area contributed by atoms with Crippen LogP contribution in [0.5, 0.6) is 0 Å². The molecule has 2 heterocycles. The van der Waals surface area contributed by atoms with Crippen molar-refractivity contribution >= 4 is 11.8 Å². The second-order valence-electron chi connectivity index (χ2n) is 6.77. The van der Waals surface area contributed by atoms with Gasteiger partial charge in [0.1, 0.15) is 23.2 Å². The molecule has 0 aliphatic heterocycles. The van der Waals surface area contributed by atoms with Gasteiger partial charge in [-0.3, -0.25) is 4.99 Å². The fourth-order valence-corrected chi connectivity index (χ4v) is 3.00. The van der Waals surface area contributed by atoms with Gasteiger partial charge in [-0.25, -0.2) is 9.67 Å². The lowest BCUT2D eigenvalue weighted by Crippen LogP contribution is -2.37. The SMILES string of the molecule is CN=C(NCCCc1nn(-c2ccccc2)c(N)c1C#N)NCc1nc(C)c(C)o1. The fraction of sp³-hybridized carbons (Fsp3) is 0.333. The number of aromatic nitrogens is 3. The summed E-state index contributed by atoms with van der Waals surface area (Å²) < 4.78 is 7.17. The molecule has 30 heavy (non-hydrogen) atoms. The lowest BCUT2D eigenvalue weighted by atomic mass is 10.1. The number of rotatable bonds is 7. The maximum atomic E-state index is 9.50. The highest BCUT2D eigenvalue weighted by Crippen LogP contribution is 2.21. The molecule has 0 atom stereocenters. The average molecular weight is 406 g/mol. The van der Waals surface area contributed by atoms with Gasteiger partial charge in [0.25, 0.3) is 0 Å². The van der Waals surface area contributed by atoms with E-state index >= 15 is 0 Å². The third-order valence-corrected chi connectivity index (χ3v) is 4.69. The summed E-state index contributed by atoms with van der Waals surface area (Å²) in [5.74, 6) is 2.45. The second-order valence-corrected chi connectivity index (χ2v) is 6.77. The van der Waals surface area contributed by atoms with Gasteiger partial charge in [-0.1, -0.05) is 18.2 Å². The van der Waals surface area contributed by atoms with Crippen LogP contribution in [0.1, 0.15) is 35.0 Å². The number of aryl methyl sites for hydroxylation is 3. The number of nitrogens with zero attached hydrogens (tertiary/aromatic N) is 5. The number of aliphatic imine (C=N–C) groups is 1. The van der Waals surface area contributed by atoms with Crippen LogP contribution in [0.2, 0.25) is 0 Å². The van der Waals surface area contributed by atoms with Gasteiger partial charge in [-0.15, -0.1) is 0 Å².